The van der Waals surface area contributed by atoms with Crippen molar-refractivity contribution in [2.75, 3.05) is 30.9 Å². The zero-order valence-corrected chi connectivity index (χ0v) is 21.6. The van der Waals surface area contributed by atoms with Gasteiger partial charge in [0.2, 0.25) is 0 Å². The number of nitrogens with one attached hydrogen (secondary N) is 1. The molecule has 1 aromatic heterocycles. The van der Waals surface area contributed by atoms with Crippen LogP contribution in [0.2, 0.25) is 0 Å². The van der Waals surface area contributed by atoms with Crippen molar-refractivity contribution < 1.29 is 18.7 Å². The van der Waals surface area contributed by atoms with Gasteiger partial charge in [-0.3, -0.25) is 4.79 Å². The van der Waals surface area contributed by atoms with Crippen LogP contribution in [0.15, 0.2) is 84.0 Å². The standard InChI is InChI=1S/C29H34FN3O3/c1-7-20(4)35-24-15-21(18-32-29-26(33(5)6)9-8-14-31-29)10-12-23(17-24)36-27-13-11-22(16-25(27)30)28(34)19(2)3/h8-9,11-17,20H,2,7,10,18H2,1,3-6H3,(H,31,32)/t20-/m0/s1. The van der Waals surface area contributed by atoms with E-state index in [0.717, 1.165) is 23.5 Å². The highest BCUT2D eigenvalue weighted by molar-refractivity contribution is 6.07. The Balaban J connectivity index is 1.81. The number of hydrogen-bond acceptors (Lipinski definition) is 6. The van der Waals surface area contributed by atoms with Gasteiger partial charge in [-0.2, -0.15) is 0 Å². The van der Waals surface area contributed by atoms with E-state index in [9.17, 15) is 9.18 Å². The first-order valence-corrected chi connectivity index (χ1v) is 12.0. The third kappa shape index (κ3) is 7.07. The molecule has 1 heterocycles. The number of carbonyl (C=O) groups is 1. The molecule has 2 aromatic rings. The van der Waals surface area contributed by atoms with E-state index in [-0.39, 0.29) is 23.2 Å². The molecule has 0 radical (unpaired) electrons. The number of Topliss-reactive ketones (excluding diaryl/α,β-unsaturated/α-hetero) is 1. The van der Waals surface area contributed by atoms with E-state index in [2.05, 4.69) is 16.9 Å². The number of hydrogen-bond donors (Lipinski definition) is 1. The lowest BCUT2D eigenvalue weighted by atomic mass is 10.1. The molecule has 0 amide bonds. The Morgan fingerprint density at radius 1 is 1.25 bits per heavy atom. The van der Waals surface area contributed by atoms with Crippen molar-refractivity contribution in [1.82, 2.24) is 4.98 Å². The fourth-order valence-corrected chi connectivity index (χ4v) is 3.50. The molecule has 1 N–H and O–H groups in total. The summed E-state index contributed by atoms with van der Waals surface area (Å²) in [7, 11) is 3.95. The van der Waals surface area contributed by atoms with Crippen LogP contribution in [-0.4, -0.2) is 37.5 Å². The summed E-state index contributed by atoms with van der Waals surface area (Å²) in [5.41, 5.74) is 2.63. The van der Waals surface area contributed by atoms with Crippen molar-refractivity contribution in [3.8, 4) is 5.75 Å². The summed E-state index contributed by atoms with van der Waals surface area (Å²) < 4.78 is 26.8. The first kappa shape index (κ1) is 26.7. The second-order valence-electron chi connectivity index (χ2n) is 8.97. The zero-order chi connectivity index (χ0) is 26.2. The molecular formula is C29H34FN3O3. The lowest BCUT2D eigenvalue weighted by molar-refractivity contribution is 0.103. The molecule has 1 aliphatic carbocycles. The quantitative estimate of drug-likeness (QED) is 0.288. The van der Waals surface area contributed by atoms with Crippen LogP contribution in [0.4, 0.5) is 15.9 Å². The topological polar surface area (TPSA) is 63.7 Å². The SMILES string of the molecule is C=C(C)C(=O)c1ccc(OC2=CCC(CNc3ncccc3N(C)C)=CC(O[C@@H](C)CC)=C2)c(F)c1. The number of rotatable bonds is 11. The lowest BCUT2D eigenvalue weighted by Gasteiger charge is -2.18. The molecule has 0 saturated heterocycles. The maximum Gasteiger partial charge on any atom is 0.188 e. The highest BCUT2D eigenvalue weighted by Gasteiger charge is 2.15. The molecule has 36 heavy (non-hydrogen) atoms. The van der Waals surface area contributed by atoms with Crippen molar-refractivity contribution in [3.63, 3.8) is 0 Å². The molecule has 1 aliphatic rings. The van der Waals surface area contributed by atoms with Gasteiger partial charge >= 0.3 is 0 Å². The highest BCUT2D eigenvalue weighted by atomic mass is 19.1. The summed E-state index contributed by atoms with van der Waals surface area (Å²) in [5, 5.41) is 3.41. The van der Waals surface area contributed by atoms with Gasteiger partial charge in [0.25, 0.3) is 0 Å². The van der Waals surface area contributed by atoms with Gasteiger partial charge in [0.05, 0.1) is 11.8 Å². The maximum atomic E-state index is 14.8. The molecule has 0 saturated carbocycles. The van der Waals surface area contributed by atoms with Gasteiger partial charge in [0, 0.05) is 38.5 Å². The van der Waals surface area contributed by atoms with Crippen LogP contribution in [0, 0.1) is 5.82 Å². The molecule has 1 aromatic carbocycles. The zero-order valence-electron chi connectivity index (χ0n) is 21.6. The molecular weight excluding hydrogens is 457 g/mol. The average molecular weight is 492 g/mol. The lowest BCUT2D eigenvalue weighted by Crippen LogP contribution is -2.14. The number of allylic oxidation sites excluding steroid dienone is 4. The Labute approximate surface area is 212 Å². The van der Waals surface area contributed by atoms with Crippen LogP contribution in [0.1, 0.15) is 44.0 Å². The summed E-state index contributed by atoms with van der Waals surface area (Å²) in [4.78, 5) is 18.6. The Kier molecular flexibility index (Phi) is 9.06. The second-order valence-corrected chi connectivity index (χ2v) is 8.97. The number of ether oxygens (including phenoxy) is 2. The van der Waals surface area contributed by atoms with Gasteiger partial charge < -0.3 is 19.7 Å². The van der Waals surface area contributed by atoms with Crippen molar-refractivity contribution in [1.29, 1.82) is 0 Å². The Bertz CT molecular complexity index is 1210. The van der Waals surface area contributed by atoms with E-state index < -0.39 is 5.82 Å². The third-order valence-electron chi connectivity index (χ3n) is 5.67. The van der Waals surface area contributed by atoms with Crippen LogP contribution in [0.25, 0.3) is 0 Å². The molecule has 0 fully saturated rings. The van der Waals surface area contributed by atoms with Gasteiger partial charge in [-0.1, -0.05) is 13.5 Å². The number of pyridine rings is 1. The molecule has 6 nitrogen and oxygen atoms in total. The van der Waals surface area contributed by atoms with Crippen LogP contribution >= 0.6 is 0 Å². The number of anilines is 2. The first-order chi connectivity index (χ1) is 17.2. The van der Waals surface area contributed by atoms with Gasteiger partial charge in [-0.25, -0.2) is 9.37 Å². The third-order valence-corrected chi connectivity index (χ3v) is 5.67. The van der Waals surface area contributed by atoms with Crippen molar-refractivity contribution in [3.05, 3.63) is 95.4 Å². The van der Waals surface area contributed by atoms with Crippen molar-refractivity contribution in [2.45, 2.75) is 39.7 Å². The number of nitrogens with zero attached hydrogens (tertiary/aromatic N) is 2. The molecule has 0 spiro atoms. The van der Waals surface area contributed by atoms with E-state index in [1.54, 1.807) is 19.2 Å². The fraction of sp³-hybridized carbons (Fsp3) is 0.310. The maximum absolute atomic E-state index is 14.8. The van der Waals surface area contributed by atoms with Crippen LogP contribution in [0.3, 0.4) is 0 Å². The van der Waals surface area contributed by atoms with E-state index in [1.807, 2.05) is 57.1 Å². The molecule has 190 valence electrons. The van der Waals surface area contributed by atoms with Crippen molar-refractivity contribution in [2.24, 2.45) is 0 Å². The molecule has 0 aliphatic heterocycles. The fourth-order valence-electron chi connectivity index (χ4n) is 3.50. The van der Waals surface area contributed by atoms with E-state index in [0.29, 0.717) is 30.1 Å². The van der Waals surface area contributed by atoms with Gasteiger partial charge in [-0.05, 0) is 80.3 Å². The van der Waals surface area contributed by atoms with Gasteiger partial charge in [0.15, 0.2) is 17.3 Å². The number of ketones is 1. The van der Waals surface area contributed by atoms with E-state index >= 15 is 0 Å². The largest absolute Gasteiger partial charge is 0.491 e. The number of aromatic nitrogens is 1. The number of carbonyl (C=O) groups excluding carboxylic acids is 1. The summed E-state index contributed by atoms with van der Waals surface area (Å²) in [5.74, 6) is 0.992. The van der Waals surface area contributed by atoms with Gasteiger partial charge in [-0.15, -0.1) is 0 Å². The average Bonchev–Trinajstić information content (AvgIpc) is 3.04. The smallest absolute Gasteiger partial charge is 0.188 e. The van der Waals surface area contributed by atoms with E-state index in [4.69, 9.17) is 9.47 Å². The Hall–Kier alpha value is -3.87. The Morgan fingerprint density at radius 2 is 2.03 bits per heavy atom. The van der Waals surface area contributed by atoms with E-state index in [1.165, 1.54) is 18.2 Å². The number of halogens is 1. The molecule has 0 unspecified atom stereocenters. The normalized spacial score (nSPS) is 14.0. The predicted octanol–water partition coefficient (Wildman–Crippen LogP) is 6.45. The predicted molar refractivity (Wildman–Crippen MR) is 143 cm³/mol. The molecule has 1 atom stereocenters. The monoisotopic (exact) mass is 491 g/mol. The highest BCUT2D eigenvalue weighted by Crippen LogP contribution is 2.27. The van der Waals surface area contributed by atoms with Crippen molar-refractivity contribution >= 4 is 17.3 Å². The summed E-state index contributed by atoms with van der Waals surface area (Å²) >= 11 is 0. The number of benzene rings is 1. The summed E-state index contributed by atoms with van der Waals surface area (Å²) in [6.45, 7) is 9.82. The van der Waals surface area contributed by atoms with Crippen LogP contribution < -0.4 is 15.0 Å². The minimum Gasteiger partial charge on any atom is -0.491 e. The summed E-state index contributed by atoms with van der Waals surface area (Å²) in [6.07, 6.45) is 8.80. The second kappa shape index (κ2) is 12.2. The molecule has 3 rings (SSSR count). The minimum atomic E-state index is -0.619. The van der Waals surface area contributed by atoms with Gasteiger partial charge in [0.1, 0.15) is 17.3 Å². The first-order valence-electron chi connectivity index (χ1n) is 12.0. The van der Waals surface area contributed by atoms with Crippen LogP contribution in [0.5, 0.6) is 5.75 Å². The summed E-state index contributed by atoms with van der Waals surface area (Å²) in [6, 6.07) is 8.07. The molecule has 0 bridgehead atoms. The Morgan fingerprint density at radius 3 is 2.69 bits per heavy atom. The van der Waals surface area contributed by atoms with Crippen LogP contribution in [-0.2, 0) is 4.74 Å². The molecule has 7 heteroatoms. The minimum absolute atomic E-state index is 0.00127.